The standard InChI is InChI=1S/C13H22N2O3/c1-9(2)10-5-3-7-14(10)13(18)15-8-4-6-11(15)12(16)17/h9-11H,3-8H2,1-2H3,(H,16,17)/t10?,11-/m1/s1. The van der Waals surface area contributed by atoms with Crippen LogP contribution in [0.4, 0.5) is 4.79 Å². The fourth-order valence-electron chi connectivity index (χ4n) is 3.14. The number of hydrogen-bond acceptors (Lipinski definition) is 2. The third-order valence-corrected chi connectivity index (χ3v) is 4.10. The lowest BCUT2D eigenvalue weighted by atomic mass is 10.0. The molecule has 2 aliphatic rings. The van der Waals surface area contributed by atoms with Crippen molar-refractivity contribution in [2.45, 2.75) is 51.6 Å². The molecular weight excluding hydrogens is 232 g/mol. The highest BCUT2D eigenvalue weighted by molar-refractivity contribution is 5.83. The zero-order valence-electron chi connectivity index (χ0n) is 11.1. The summed E-state index contributed by atoms with van der Waals surface area (Å²) in [5, 5.41) is 9.14. The van der Waals surface area contributed by atoms with Crippen molar-refractivity contribution in [1.82, 2.24) is 9.80 Å². The molecule has 102 valence electrons. The molecule has 0 aliphatic carbocycles. The van der Waals surface area contributed by atoms with Gasteiger partial charge in [0.05, 0.1) is 0 Å². The summed E-state index contributed by atoms with van der Waals surface area (Å²) in [5.74, 6) is -0.441. The molecule has 1 unspecified atom stereocenters. The van der Waals surface area contributed by atoms with Crippen LogP contribution in [0.3, 0.4) is 0 Å². The van der Waals surface area contributed by atoms with Crippen LogP contribution in [-0.2, 0) is 4.79 Å². The minimum atomic E-state index is -0.874. The van der Waals surface area contributed by atoms with Gasteiger partial charge in [0.2, 0.25) is 0 Å². The molecule has 0 bridgehead atoms. The summed E-state index contributed by atoms with van der Waals surface area (Å²) in [6.45, 7) is 5.59. The zero-order chi connectivity index (χ0) is 13.3. The molecule has 0 spiro atoms. The largest absolute Gasteiger partial charge is 0.480 e. The molecule has 2 aliphatic heterocycles. The Labute approximate surface area is 108 Å². The zero-order valence-corrected chi connectivity index (χ0v) is 11.1. The average molecular weight is 254 g/mol. The number of rotatable bonds is 2. The Morgan fingerprint density at radius 3 is 2.33 bits per heavy atom. The lowest BCUT2D eigenvalue weighted by Crippen LogP contribution is -2.50. The van der Waals surface area contributed by atoms with E-state index in [0.717, 1.165) is 25.8 Å². The van der Waals surface area contributed by atoms with Gasteiger partial charge in [0, 0.05) is 19.1 Å². The first-order valence-corrected chi connectivity index (χ1v) is 6.82. The summed E-state index contributed by atoms with van der Waals surface area (Å²) in [7, 11) is 0. The topological polar surface area (TPSA) is 60.9 Å². The molecule has 0 radical (unpaired) electrons. The first-order chi connectivity index (χ1) is 8.52. The number of likely N-dealkylation sites (tertiary alicyclic amines) is 2. The number of aliphatic carboxylic acids is 1. The second-order valence-corrected chi connectivity index (χ2v) is 5.62. The van der Waals surface area contributed by atoms with Crippen molar-refractivity contribution in [1.29, 1.82) is 0 Å². The summed E-state index contributed by atoms with van der Waals surface area (Å²) < 4.78 is 0. The van der Waals surface area contributed by atoms with Crippen molar-refractivity contribution in [3.8, 4) is 0 Å². The molecular formula is C13H22N2O3. The van der Waals surface area contributed by atoms with Crippen molar-refractivity contribution in [3.63, 3.8) is 0 Å². The van der Waals surface area contributed by atoms with E-state index in [1.54, 1.807) is 4.90 Å². The SMILES string of the molecule is CC(C)C1CCCN1C(=O)N1CCC[C@@H]1C(=O)O. The van der Waals surface area contributed by atoms with Gasteiger partial charge in [-0.15, -0.1) is 0 Å². The van der Waals surface area contributed by atoms with Crippen molar-refractivity contribution < 1.29 is 14.7 Å². The van der Waals surface area contributed by atoms with Gasteiger partial charge in [-0.3, -0.25) is 0 Å². The van der Waals surface area contributed by atoms with Gasteiger partial charge in [-0.25, -0.2) is 9.59 Å². The van der Waals surface area contributed by atoms with Crippen LogP contribution in [0.15, 0.2) is 0 Å². The number of nitrogens with zero attached hydrogens (tertiary/aromatic N) is 2. The number of hydrogen-bond donors (Lipinski definition) is 1. The first-order valence-electron chi connectivity index (χ1n) is 6.82. The van der Waals surface area contributed by atoms with Crippen molar-refractivity contribution in [2.24, 2.45) is 5.92 Å². The number of urea groups is 1. The minimum Gasteiger partial charge on any atom is -0.480 e. The predicted molar refractivity (Wildman–Crippen MR) is 67.3 cm³/mol. The monoisotopic (exact) mass is 254 g/mol. The lowest BCUT2D eigenvalue weighted by molar-refractivity contribution is -0.141. The van der Waals surface area contributed by atoms with Gasteiger partial charge < -0.3 is 14.9 Å². The Morgan fingerprint density at radius 2 is 1.72 bits per heavy atom. The molecule has 5 heteroatoms. The Bertz CT molecular complexity index is 343. The molecule has 5 nitrogen and oxygen atoms in total. The summed E-state index contributed by atoms with van der Waals surface area (Å²) in [6.07, 6.45) is 3.44. The third kappa shape index (κ3) is 2.31. The van der Waals surface area contributed by atoms with E-state index in [2.05, 4.69) is 13.8 Å². The van der Waals surface area contributed by atoms with Crippen LogP contribution in [-0.4, -0.2) is 52.1 Å². The maximum Gasteiger partial charge on any atom is 0.326 e. The summed E-state index contributed by atoms with van der Waals surface area (Å²) in [6, 6.07) is -0.422. The van der Waals surface area contributed by atoms with Gasteiger partial charge in [-0.2, -0.15) is 0 Å². The molecule has 0 saturated carbocycles. The lowest BCUT2D eigenvalue weighted by Gasteiger charge is -2.33. The number of carboxylic acid groups (broad SMARTS) is 1. The van der Waals surface area contributed by atoms with Crippen molar-refractivity contribution in [2.75, 3.05) is 13.1 Å². The Kier molecular flexibility index (Phi) is 3.78. The molecule has 0 aromatic heterocycles. The summed E-state index contributed by atoms with van der Waals surface area (Å²) in [5.41, 5.74) is 0. The van der Waals surface area contributed by atoms with Gasteiger partial charge in [-0.1, -0.05) is 13.8 Å². The average Bonchev–Trinajstić information content (AvgIpc) is 2.97. The molecule has 2 saturated heterocycles. The van der Waals surface area contributed by atoms with E-state index in [-0.39, 0.29) is 12.1 Å². The third-order valence-electron chi connectivity index (χ3n) is 4.10. The van der Waals surface area contributed by atoms with Crippen LogP contribution in [0, 0.1) is 5.92 Å². The molecule has 2 atom stereocenters. The molecule has 1 N–H and O–H groups in total. The van der Waals surface area contributed by atoms with Crippen molar-refractivity contribution in [3.05, 3.63) is 0 Å². The normalized spacial score (nSPS) is 28.2. The fraction of sp³-hybridized carbons (Fsp3) is 0.846. The second kappa shape index (κ2) is 5.16. The number of carboxylic acids is 1. The second-order valence-electron chi connectivity index (χ2n) is 5.62. The van der Waals surface area contributed by atoms with Gasteiger partial charge in [0.1, 0.15) is 6.04 Å². The highest BCUT2D eigenvalue weighted by atomic mass is 16.4. The Balaban J connectivity index is 2.08. The Morgan fingerprint density at radius 1 is 1.11 bits per heavy atom. The van der Waals surface area contributed by atoms with Crippen LogP contribution in [0.2, 0.25) is 0 Å². The van der Waals surface area contributed by atoms with Crippen LogP contribution >= 0.6 is 0 Å². The number of carbonyl (C=O) groups excluding carboxylic acids is 1. The molecule has 0 aromatic rings. The van der Waals surface area contributed by atoms with Crippen LogP contribution in [0.5, 0.6) is 0 Å². The van der Waals surface area contributed by atoms with Gasteiger partial charge >= 0.3 is 12.0 Å². The van der Waals surface area contributed by atoms with E-state index in [0.29, 0.717) is 18.9 Å². The van der Waals surface area contributed by atoms with Crippen LogP contribution in [0.1, 0.15) is 39.5 Å². The minimum absolute atomic E-state index is 0.0731. The van der Waals surface area contributed by atoms with Crippen molar-refractivity contribution >= 4 is 12.0 Å². The van der Waals surface area contributed by atoms with E-state index in [9.17, 15) is 9.59 Å². The molecule has 2 rings (SSSR count). The molecule has 2 heterocycles. The number of amides is 2. The maximum atomic E-state index is 12.5. The highest BCUT2D eigenvalue weighted by Gasteiger charge is 2.40. The molecule has 0 aromatic carbocycles. The van der Waals surface area contributed by atoms with Crippen LogP contribution < -0.4 is 0 Å². The van der Waals surface area contributed by atoms with Gasteiger partial charge in [0.25, 0.3) is 0 Å². The smallest absolute Gasteiger partial charge is 0.326 e. The van der Waals surface area contributed by atoms with Crippen LogP contribution in [0.25, 0.3) is 0 Å². The van der Waals surface area contributed by atoms with E-state index in [4.69, 9.17) is 5.11 Å². The predicted octanol–water partition coefficient (Wildman–Crippen LogP) is 1.78. The fourth-order valence-corrected chi connectivity index (χ4v) is 3.14. The quantitative estimate of drug-likeness (QED) is 0.817. The molecule has 2 fully saturated rings. The molecule has 2 amide bonds. The summed E-state index contributed by atoms with van der Waals surface area (Å²) >= 11 is 0. The van der Waals surface area contributed by atoms with E-state index in [1.165, 1.54) is 0 Å². The number of carbonyl (C=O) groups is 2. The van der Waals surface area contributed by atoms with E-state index >= 15 is 0 Å². The van der Waals surface area contributed by atoms with E-state index in [1.807, 2.05) is 4.90 Å². The maximum absolute atomic E-state index is 12.5. The van der Waals surface area contributed by atoms with Gasteiger partial charge in [0.15, 0.2) is 0 Å². The Hall–Kier alpha value is -1.26. The summed E-state index contributed by atoms with van der Waals surface area (Å²) in [4.78, 5) is 27.0. The first kappa shape index (κ1) is 13.2. The molecule has 18 heavy (non-hydrogen) atoms. The highest BCUT2D eigenvalue weighted by Crippen LogP contribution is 2.27. The van der Waals surface area contributed by atoms with Gasteiger partial charge in [-0.05, 0) is 31.6 Å². The van der Waals surface area contributed by atoms with E-state index < -0.39 is 12.0 Å².